The number of aromatic nitrogens is 1. The Hall–Kier alpha value is -1.22. The van der Waals surface area contributed by atoms with E-state index in [2.05, 4.69) is 17.1 Å². The van der Waals surface area contributed by atoms with Crippen LogP contribution in [0.15, 0.2) is 30.5 Å². The number of fused-ring (bicyclic) bond motifs is 1. The third-order valence-electron chi connectivity index (χ3n) is 2.89. The second-order valence-corrected chi connectivity index (χ2v) is 5.49. The fourth-order valence-corrected chi connectivity index (χ4v) is 2.65. The van der Waals surface area contributed by atoms with E-state index in [1.165, 1.54) is 22.7 Å². The minimum absolute atomic E-state index is 0.0826. The monoisotopic (exact) mass is 247 g/mol. The van der Waals surface area contributed by atoms with Crippen LogP contribution in [0.25, 0.3) is 10.9 Å². The molecule has 1 N–H and O–H groups in total. The molecular formula is C14H17NOS. The van der Waals surface area contributed by atoms with Crippen LogP contribution in [0.3, 0.4) is 0 Å². The highest BCUT2D eigenvalue weighted by Crippen LogP contribution is 2.22. The number of hydrogen-bond acceptors (Lipinski definition) is 2. The lowest BCUT2D eigenvalue weighted by atomic mass is 10.0. The Balaban J connectivity index is 2.16. The molecule has 0 amide bonds. The van der Waals surface area contributed by atoms with Gasteiger partial charge in [-0.15, -0.1) is 0 Å². The predicted octanol–water partition coefficient (Wildman–Crippen LogP) is 3.63. The molecule has 1 aromatic heterocycles. The van der Waals surface area contributed by atoms with Gasteiger partial charge in [-0.1, -0.05) is 43.8 Å². The lowest BCUT2D eigenvalue weighted by Gasteiger charge is -2.08. The van der Waals surface area contributed by atoms with Crippen molar-refractivity contribution in [1.29, 1.82) is 0 Å². The molecule has 3 heteroatoms. The van der Waals surface area contributed by atoms with Gasteiger partial charge in [0.05, 0.1) is 0 Å². The zero-order valence-electron chi connectivity index (χ0n) is 10.2. The SMILES string of the molecule is CCSC(=O)C(C)Cc1c[nH]c2ccccc12. The Bertz CT molecular complexity index is 518. The molecule has 0 aliphatic rings. The minimum Gasteiger partial charge on any atom is -0.361 e. The number of para-hydroxylation sites is 1. The van der Waals surface area contributed by atoms with E-state index in [1.807, 2.05) is 32.2 Å². The van der Waals surface area contributed by atoms with E-state index in [4.69, 9.17) is 0 Å². The first-order chi connectivity index (χ1) is 8.22. The summed E-state index contributed by atoms with van der Waals surface area (Å²) in [6.45, 7) is 4.02. The largest absolute Gasteiger partial charge is 0.361 e. The van der Waals surface area contributed by atoms with Gasteiger partial charge in [-0.3, -0.25) is 4.79 Å². The van der Waals surface area contributed by atoms with E-state index in [0.29, 0.717) is 0 Å². The molecule has 0 aliphatic carbocycles. The number of carbonyl (C=O) groups excluding carboxylic acids is 1. The van der Waals surface area contributed by atoms with E-state index in [-0.39, 0.29) is 11.0 Å². The fourth-order valence-electron chi connectivity index (χ4n) is 2.00. The molecule has 17 heavy (non-hydrogen) atoms. The molecule has 0 aliphatic heterocycles. The molecule has 2 nitrogen and oxygen atoms in total. The number of thioether (sulfide) groups is 1. The van der Waals surface area contributed by atoms with Crippen molar-refractivity contribution in [2.75, 3.05) is 5.75 Å². The Labute approximate surface area is 106 Å². The summed E-state index contributed by atoms with van der Waals surface area (Å²) in [5, 5.41) is 1.52. The Morgan fingerprint density at radius 1 is 1.41 bits per heavy atom. The smallest absolute Gasteiger partial charge is 0.192 e. The van der Waals surface area contributed by atoms with Gasteiger partial charge >= 0.3 is 0 Å². The van der Waals surface area contributed by atoms with Crippen LogP contribution >= 0.6 is 11.8 Å². The summed E-state index contributed by atoms with van der Waals surface area (Å²) in [4.78, 5) is 15.0. The van der Waals surface area contributed by atoms with Crippen LogP contribution in [-0.2, 0) is 11.2 Å². The molecular weight excluding hydrogens is 230 g/mol. The Morgan fingerprint density at radius 2 is 2.18 bits per heavy atom. The molecule has 0 radical (unpaired) electrons. The molecule has 1 atom stereocenters. The van der Waals surface area contributed by atoms with Crippen LogP contribution in [0.2, 0.25) is 0 Å². The molecule has 2 aromatic rings. The summed E-state index contributed by atoms with van der Waals surface area (Å²) < 4.78 is 0. The van der Waals surface area contributed by atoms with Crippen LogP contribution in [-0.4, -0.2) is 15.9 Å². The second kappa shape index (κ2) is 5.41. The molecule has 1 unspecified atom stereocenters. The van der Waals surface area contributed by atoms with Crippen LogP contribution in [0.1, 0.15) is 19.4 Å². The normalized spacial score (nSPS) is 12.8. The summed E-state index contributed by atoms with van der Waals surface area (Å²) in [7, 11) is 0. The van der Waals surface area contributed by atoms with Crippen molar-refractivity contribution in [1.82, 2.24) is 4.98 Å². The Kier molecular flexibility index (Phi) is 3.89. The fraction of sp³-hybridized carbons (Fsp3) is 0.357. The van der Waals surface area contributed by atoms with Crippen molar-refractivity contribution in [3.05, 3.63) is 36.0 Å². The van der Waals surface area contributed by atoms with Gasteiger partial charge in [-0.05, 0) is 23.8 Å². The van der Waals surface area contributed by atoms with Gasteiger partial charge in [0.25, 0.3) is 0 Å². The number of rotatable bonds is 4. The lowest BCUT2D eigenvalue weighted by molar-refractivity contribution is -0.113. The molecule has 0 saturated heterocycles. The summed E-state index contributed by atoms with van der Waals surface area (Å²) in [5.74, 6) is 0.941. The van der Waals surface area contributed by atoms with E-state index < -0.39 is 0 Å². The number of carbonyl (C=O) groups is 1. The van der Waals surface area contributed by atoms with Crippen molar-refractivity contribution >= 4 is 27.8 Å². The van der Waals surface area contributed by atoms with Gasteiger partial charge in [-0.25, -0.2) is 0 Å². The summed E-state index contributed by atoms with van der Waals surface area (Å²) in [6.07, 6.45) is 2.83. The summed E-state index contributed by atoms with van der Waals surface area (Å²) in [5.41, 5.74) is 2.38. The molecule has 0 bridgehead atoms. The summed E-state index contributed by atoms with van der Waals surface area (Å²) >= 11 is 1.42. The number of hydrogen-bond donors (Lipinski definition) is 1. The zero-order valence-corrected chi connectivity index (χ0v) is 11.0. The van der Waals surface area contributed by atoms with Crippen molar-refractivity contribution in [3.8, 4) is 0 Å². The number of aromatic amines is 1. The van der Waals surface area contributed by atoms with Crippen LogP contribution in [0.4, 0.5) is 0 Å². The first kappa shape index (κ1) is 12.2. The molecule has 90 valence electrons. The van der Waals surface area contributed by atoms with Gasteiger partial charge in [0.15, 0.2) is 5.12 Å². The lowest BCUT2D eigenvalue weighted by Crippen LogP contribution is -2.10. The van der Waals surface area contributed by atoms with Gasteiger partial charge in [-0.2, -0.15) is 0 Å². The van der Waals surface area contributed by atoms with Gasteiger partial charge < -0.3 is 4.98 Å². The van der Waals surface area contributed by atoms with Crippen molar-refractivity contribution < 1.29 is 4.79 Å². The highest BCUT2D eigenvalue weighted by molar-refractivity contribution is 8.13. The second-order valence-electron chi connectivity index (χ2n) is 4.22. The van der Waals surface area contributed by atoms with Crippen molar-refractivity contribution in [2.45, 2.75) is 20.3 Å². The first-order valence-electron chi connectivity index (χ1n) is 5.94. The predicted molar refractivity (Wildman–Crippen MR) is 74.3 cm³/mol. The number of benzene rings is 1. The average Bonchev–Trinajstić information content (AvgIpc) is 2.73. The molecule has 0 spiro atoms. The third kappa shape index (κ3) is 2.72. The molecule has 2 rings (SSSR count). The molecule has 1 aromatic carbocycles. The number of H-pyrrole nitrogens is 1. The molecule has 0 fully saturated rings. The Morgan fingerprint density at radius 3 is 2.94 bits per heavy atom. The standard InChI is InChI=1S/C14H17NOS/c1-3-17-14(16)10(2)8-11-9-15-13-7-5-4-6-12(11)13/h4-7,9-10,15H,3,8H2,1-2H3. The van der Waals surface area contributed by atoms with Gasteiger partial charge in [0.2, 0.25) is 0 Å². The van der Waals surface area contributed by atoms with E-state index in [0.717, 1.165) is 17.7 Å². The third-order valence-corrected chi connectivity index (χ3v) is 3.87. The van der Waals surface area contributed by atoms with E-state index >= 15 is 0 Å². The maximum atomic E-state index is 11.8. The van der Waals surface area contributed by atoms with Crippen LogP contribution < -0.4 is 0 Å². The minimum atomic E-state index is 0.0826. The highest BCUT2D eigenvalue weighted by Gasteiger charge is 2.15. The molecule has 0 saturated carbocycles. The van der Waals surface area contributed by atoms with Crippen LogP contribution in [0.5, 0.6) is 0 Å². The van der Waals surface area contributed by atoms with Crippen LogP contribution in [0, 0.1) is 5.92 Å². The van der Waals surface area contributed by atoms with E-state index in [1.54, 1.807) is 0 Å². The molecule has 1 heterocycles. The first-order valence-corrected chi connectivity index (χ1v) is 6.92. The summed E-state index contributed by atoms with van der Waals surface area (Å²) in [6, 6.07) is 8.22. The number of nitrogens with one attached hydrogen (secondary N) is 1. The highest BCUT2D eigenvalue weighted by atomic mass is 32.2. The van der Waals surface area contributed by atoms with Crippen molar-refractivity contribution in [3.63, 3.8) is 0 Å². The van der Waals surface area contributed by atoms with Gasteiger partial charge in [0, 0.05) is 23.0 Å². The maximum absolute atomic E-state index is 11.8. The zero-order chi connectivity index (χ0) is 12.3. The quantitative estimate of drug-likeness (QED) is 0.895. The average molecular weight is 247 g/mol. The maximum Gasteiger partial charge on any atom is 0.192 e. The van der Waals surface area contributed by atoms with E-state index in [9.17, 15) is 4.79 Å². The van der Waals surface area contributed by atoms with Gasteiger partial charge in [0.1, 0.15) is 0 Å². The van der Waals surface area contributed by atoms with Crippen molar-refractivity contribution in [2.24, 2.45) is 5.92 Å². The topological polar surface area (TPSA) is 32.9 Å².